The van der Waals surface area contributed by atoms with E-state index in [1.165, 1.54) is 0 Å². The van der Waals surface area contributed by atoms with Crippen molar-refractivity contribution in [1.82, 2.24) is 20.0 Å². The average Bonchev–Trinajstić information content (AvgIpc) is 2.81. The van der Waals surface area contributed by atoms with E-state index in [0.29, 0.717) is 17.5 Å². The summed E-state index contributed by atoms with van der Waals surface area (Å²) in [6.45, 7) is 2.96. The Morgan fingerprint density at radius 3 is 3.11 bits per heavy atom. The predicted octanol–water partition coefficient (Wildman–Crippen LogP) is 0.161. The largest absolute Gasteiger partial charge is 0.369 e. The second-order valence-corrected chi connectivity index (χ2v) is 5.25. The molecule has 98 valence electrons. The Morgan fingerprint density at radius 2 is 2.33 bits per heavy atom. The number of nitrogens with zero attached hydrogens (tertiary/aromatic N) is 3. The van der Waals surface area contributed by atoms with Crippen LogP contribution in [-0.4, -0.2) is 54.3 Å². The normalized spacial score (nSPS) is 25.9. The molecule has 6 heteroatoms. The highest BCUT2D eigenvalue weighted by atomic mass is 16.2. The lowest BCUT2D eigenvalue weighted by atomic mass is 9.92. The molecule has 0 aromatic carbocycles. The smallest absolute Gasteiger partial charge is 0.258 e. The van der Waals surface area contributed by atoms with E-state index in [1.807, 2.05) is 4.68 Å². The van der Waals surface area contributed by atoms with Crippen molar-refractivity contribution in [3.8, 4) is 0 Å². The van der Waals surface area contributed by atoms with Gasteiger partial charge in [-0.05, 0) is 13.0 Å². The van der Waals surface area contributed by atoms with Crippen molar-refractivity contribution in [2.75, 3.05) is 39.0 Å². The van der Waals surface area contributed by atoms with Gasteiger partial charge in [0.15, 0.2) is 0 Å². The summed E-state index contributed by atoms with van der Waals surface area (Å²) in [5, 5.41) is 11.2. The number of rotatable bonds is 1. The highest BCUT2D eigenvalue weighted by molar-refractivity contribution is 5.98. The maximum Gasteiger partial charge on any atom is 0.258 e. The van der Waals surface area contributed by atoms with Gasteiger partial charge in [-0.2, -0.15) is 5.10 Å². The molecule has 3 heterocycles. The monoisotopic (exact) mass is 249 g/mol. The minimum absolute atomic E-state index is 0.0103. The van der Waals surface area contributed by atoms with Gasteiger partial charge in [0.2, 0.25) is 0 Å². The number of carbonyl (C=O) groups is 1. The molecule has 1 aromatic rings. The number of carbonyl (C=O) groups excluding carboxylic acids is 1. The first-order chi connectivity index (χ1) is 8.68. The summed E-state index contributed by atoms with van der Waals surface area (Å²) >= 11 is 0. The van der Waals surface area contributed by atoms with Gasteiger partial charge in [0.25, 0.3) is 5.91 Å². The number of anilines is 1. The third-order valence-electron chi connectivity index (χ3n) is 3.85. The molecule has 2 aliphatic rings. The number of hydrogen-bond acceptors (Lipinski definition) is 4. The molecule has 1 amide bonds. The topological polar surface area (TPSA) is 62.2 Å². The van der Waals surface area contributed by atoms with Crippen LogP contribution in [0, 0.1) is 5.92 Å². The van der Waals surface area contributed by atoms with E-state index in [9.17, 15) is 4.79 Å². The number of amides is 1. The fourth-order valence-electron chi connectivity index (χ4n) is 2.85. The van der Waals surface area contributed by atoms with E-state index >= 15 is 0 Å². The third-order valence-corrected chi connectivity index (χ3v) is 3.85. The van der Waals surface area contributed by atoms with Crippen LogP contribution in [0.25, 0.3) is 0 Å². The summed E-state index contributed by atoms with van der Waals surface area (Å²) in [5.41, 5.74) is 0.678. The molecular formula is C12H19N5O. The van der Waals surface area contributed by atoms with Crippen molar-refractivity contribution in [3.05, 3.63) is 11.8 Å². The Bertz CT molecular complexity index is 467. The summed E-state index contributed by atoms with van der Waals surface area (Å²) in [5.74, 6) is 1.46. The molecule has 0 spiro atoms. The minimum atomic E-state index is 0.0103. The molecule has 2 aliphatic heterocycles. The quantitative estimate of drug-likeness (QED) is 0.744. The molecule has 2 unspecified atom stereocenters. The molecular weight excluding hydrogens is 230 g/mol. The summed E-state index contributed by atoms with van der Waals surface area (Å²) in [7, 11) is 3.53. The maximum atomic E-state index is 12.1. The fourth-order valence-corrected chi connectivity index (χ4v) is 2.85. The van der Waals surface area contributed by atoms with Crippen LogP contribution in [0.15, 0.2) is 6.20 Å². The Labute approximate surface area is 106 Å². The molecule has 0 bridgehead atoms. The first-order valence-electron chi connectivity index (χ1n) is 6.42. The molecule has 2 atom stereocenters. The molecule has 18 heavy (non-hydrogen) atoms. The lowest BCUT2D eigenvalue weighted by Crippen LogP contribution is -2.44. The third kappa shape index (κ3) is 1.68. The van der Waals surface area contributed by atoms with Crippen molar-refractivity contribution >= 4 is 11.7 Å². The van der Waals surface area contributed by atoms with Crippen LogP contribution < -0.4 is 10.6 Å². The van der Waals surface area contributed by atoms with Gasteiger partial charge in [-0.15, -0.1) is 0 Å². The second-order valence-electron chi connectivity index (χ2n) is 5.25. The SMILES string of the molecule is CN(C)C(=O)c1cnn2c1NCC1CNCCC12. The predicted molar refractivity (Wildman–Crippen MR) is 68.7 cm³/mol. The molecule has 1 saturated heterocycles. The van der Waals surface area contributed by atoms with Crippen LogP contribution in [0.5, 0.6) is 0 Å². The molecule has 6 nitrogen and oxygen atoms in total. The Hall–Kier alpha value is -1.56. The Kier molecular flexibility index (Phi) is 2.74. The van der Waals surface area contributed by atoms with Crippen LogP contribution in [-0.2, 0) is 0 Å². The Morgan fingerprint density at radius 1 is 1.50 bits per heavy atom. The Balaban J connectivity index is 1.95. The van der Waals surface area contributed by atoms with E-state index in [0.717, 1.165) is 31.9 Å². The summed E-state index contributed by atoms with van der Waals surface area (Å²) in [4.78, 5) is 13.6. The minimum Gasteiger partial charge on any atom is -0.369 e. The maximum absolute atomic E-state index is 12.1. The van der Waals surface area contributed by atoms with Gasteiger partial charge in [0.1, 0.15) is 11.4 Å². The van der Waals surface area contributed by atoms with Crippen LogP contribution in [0.1, 0.15) is 22.8 Å². The highest BCUT2D eigenvalue weighted by Crippen LogP contribution is 2.33. The van der Waals surface area contributed by atoms with Crippen molar-refractivity contribution in [2.24, 2.45) is 5.92 Å². The molecule has 1 fully saturated rings. The van der Waals surface area contributed by atoms with Gasteiger partial charge in [0, 0.05) is 33.1 Å². The average molecular weight is 249 g/mol. The summed E-state index contributed by atoms with van der Waals surface area (Å²) in [6.07, 6.45) is 2.77. The zero-order valence-electron chi connectivity index (χ0n) is 10.8. The standard InChI is InChI=1S/C12H19N5O/c1-16(2)12(18)9-7-15-17-10-3-4-13-5-8(10)6-14-11(9)17/h7-8,10,13-14H,3-6H2,1-2H3. The molecule has 0 saturated carbocycles. The number of fused-ring (bicyclic) bond motifs is 3. The van der Waals surface area contributed by atoms with Crippen molar-refractivity contribution in [2.45, 2.75) is 12.5 Å². The fraction of sp³-hybridized carbons (Fsp3) is 0.667. The summed E-state index contributed by atoms with van der Waals surface area (Å²) in [6, 6.07) is 0.422. The molecule has 0 radical (unpaired) electrons. The molecule has 2 N–H and O–H groups in total. The van der Waals surface area contributed by atoms with Gasteiger partial charge >= 0.3 is 0 Å². The summed E-state index contributed by atoms with van der Waals surface area (Å²) < 4.78 is 2.01. The van der Waals surface area contributed by atoms with E-state index < -0.39 is 0 Å². The van der Waals surface area contributed by atoms with Gasteiger partial charge in [0.05, 0.1) is 12.2 Å². The van der Waals surface area contributed by atoms with Crippen molar-refractivity contribution in [1.29, 1.82) is 0 Å². The first kappa shape index (κ1) is 11.5. The van der Waals surface area contributed by atoms with Crippen LogP contribution in [0.3, 0.4) is 0 Å². The van der Waals surface area contributed by atoms with Gasteiger partial charge in [-0.3, -0.25) is 4.79 Å². The zero-order valence-corrected chi connectivity index (χ0v) is 10.8. The van der Waals surface area contributed by atoms with Gasteiger partial charge in [-0.25, -0.2) is 4.68 Å². The van der Waals surface area contributed by atoms with Gasteiger partial charge < -0.3 is 15.5 Å². The number of hydrogen-bond donors (Lipinski definition) is 2. The number of piperidine rings is 1. The molecule has 0 aliphatic carbocycles. The zero-order chi connectivity index (χ0) is 12.7. The number of nitrogens with one attached hydrogen (secondary N) is 2. The van der Waals surface area contributed by atoms with Crippen LogP contribution >= 0.6 is 0 Å². The highest BCUT2D eigenvalue weighted by Gasteiger charge is 2.34. The van der Waals surface area contributed by atoms with E-state index in [1.54, 1.807) is 25.2 Å². The van der Waals surface area contributed by atoms with Crippen molar-refractivity contribution in [3.63, 3.8) is 0 Å². The van der Waals surface area contributed by atoms with Crippen molar-refractivity contribution < 1.29 is 4.79 Å². The van der Waals surface area contributed by atoms with E-state index in [2.05, 4.69) is 15.7 Å². The van der Waals surface area contributed by atoms with E-state index in [-0.39, 0.29) is 5.91 Å². The second kappa shape index (κ2) is 4.28. The van der Waals surface area contributed by atoms with Crippen LogP contribution in [0.4, 0.5) is 5.82 Å². The van der Waals surface area contributed by atoms with Crippen LogP contribution in [0.2, 0.25) is 0 Å². The lowest BCUT2D eigenvalue weighted by molar-refractivity contribution is 0.0828. The van der Waals surface area contributed by atoms with Gasteiger partial charge in [-0.1, -0.05) is 0 Å². The van der Waals surface area contributed by atoms with E-state index in [4.69, 9.17) is 0 Å². The first-order valence-corrected chi connectivity index (χ1v) is 6.42. The lowest BCUT2D eigenvalue weighted by Gasteiger charge is -2.37. The molecule has 1 aromatic heterocycles. The number of aromatic nitrogens is 2. The molecule has 3 rings (SSSR count).